The fourth-order valence-corrected chi connectivity index (χ4v) is 6.40. The highest BCUT2D eigenvalue weighted by atomic mass is 16.6. The van der Waals surface area contributed by atoms with Crippen LogP contribution in [0.15, 0.2) is 54.6 Å². The summed E-state index contributed by atoms with van der Waals surface area (Å²) in [6, 6.07) is 7.32. The van der Waals surface area contributed by atoms with Gasteiger partial charge in [0.2, 0.25) is 11.8 Å². The molecule has 6 atom stereocenters. The van der Waals surface area contributed by atoms with E-state index in [0.717, 1.165) is 0 Å². The normalized spacial score (nSPS) is 34.9. The van der Waals surface area contributed by atoms with Crippen LogP contribution >= 0.6 is 0 Å². The molecule has 4 heterocycles. The molecule has 0 saturated carbocycles. The number of hydrogen-bond donors (Lipinski definition) is 1. The van der Waals surface area contributed by atoms with Gasteiger partial charge in [0.05, 0.1) is 30.8 Å². The molecule has 0 bridgehead atoms. The molecule has 0 aromatic heterocycles. The number of hydrogen-bond acceptors (Lipinski definition) is 6. The number of carbonyl (C=O) groups is 3. The maximum absolute atomic E-state index is 14.4. The molecule has 4 aliphatic rings. The van der Waals surface area contributed by atoms with Crippen molar-refractivity contribution in [3.05, 3.63) is 60.2 Å². The first-order valence-electron chi connectivity index (χ1n) is 12.6. The Kier molecular flexibility index (Phi) is 5.87. The van der Waals surface area contributed by atoms with Crippen LogP contribution in [0.3, 0.4) is 0 Å². The molecule has 2 fully saturated rings. The van der Waals surface area contributed by atoms with E-state index in [2.05, 4.69) is 0 Å². The second kappa shape index (κ2) is 8.56. The molecule has 36 heavy (non-hydrogen) atoms. The van der Waals surface area contributed by atoms with Gasteiger partial charge in [0.15, 0.2) is 0 Å². The predicted octanol–water partition coefficient (Wildman–Crippen LogP) is 2.39. The van der Waals surface area contributed by atoms with Crippen molar-refractivity contribution in [2.75, 3.05) is 19.8 Å². The fourth-order valence-electron chi connectivity index (χ4n) is 6.40. The Balaban J connectivity index is 1.72. The zero-order valence-corrected chi connectivity index (χ0v) is 21.2. The summed E-state index contributed by atoms with van der Waals surface area (Å²) >= 11 is 0. The van der Waals surface area contributed by atoms with Crippen LogP contribution in [0.2, 0.25) is 0 Å². The molecule has 8 nitrogen and oxygen atoms in total. The van der Waals surface area contributed by atoms with Gasteiger partial charge in [0, 0.05) is 12.1 Å². The summed E-state index contributed by atoms with van der Waals surface area (Å²) in [4.78, 5) is 45.3. The summed E-state index contributed by atoms with van der Waals surface area (Å²) < 4.78 is 12.3. The summed E-state index contributed by atoms with van der Waals surface area (Å²) in [5, 5.41) is 10.5. The van der Waals surface area contributed by atoms with Crippen LogP contribution in [-0.2, 0) is 23.9 Å². The van der Waals surface area contributed by atoms with E-state index in [1.165, 1.54) is 4.90 Å². The van der Waals surface area contributed by atoms with E-state index in [-0.39, 0.29) is 19.1 Å². The molecule has 1 aromatic rings. The molecule has 2 saturated heterocycles. The molecule has 8 heteroatoms. The third-order valence-electron chi connectivity index (χ3n) is 7.96. The Bertz CT molecular complexity index is 1120. The highest BCUT2D eigenvalue weighted by Gasteiger charge is 2.75. The lowest BCUT2D eigenvalue weighted by Crippen LogP contribution is -2.59. The number of cyclic esters (lactones) is 1. The maximum Gasteiger partial charge on any atom is 0.313 e. The summed E-state index contributed by atoms with van der Waals surface area (Å²) in [6.07, 6.45) is 7.96. The number of aliphatic hydroxyl groups is 1. The van der Waals surface area contributed by atoms with Crippen LogP contribution in [0.1, 0.15) is 45.7 Å². The minimum atomic E-state index is -1.39. The number of amides is 2. The van der Waals surface area contributed by atoms with E-state index >= 15 is 0 Å². The molecule has 192 valence electrons. The Morgan fingerprint density at radius 3 is 2.44 bits per heavy atom. The molecule has 4 aliphatic heterocycles. The van der Waals surface area contributed by atoms with Crippen molar-refractivity contribution in [3.8, 4) is 0 Å². The van der Waals surface area contributed by atoms with Gasteiger partial charge in [-0.15, -0.1) is 0 Å². The Hall–Kier alpha value is -2.97. The predicted molar refractivity (Wildman–Crippen MR) is 131 cm³/mol. The number of carbonyl (C=O) groups excluding carboxylic acids is 3. The zero-order valence-electron chi connectivity index (χ0n) is 21.2. The highest BCUT2D eigenvalue weighted by Crippen LogP contribution is 2.58. The second-order valence-corrected chi connectivity index (χ2v) is 11.2. The van der Waals surface area contributed by atoms with Crippen molar-refractivity contribution >= 4 is 17.8 Å². The lowest BCUT2D eigenvalue weighted by atomic mass is 9.74. The SMILES string of the molecule is CC(C)(C)N1CC=C[C@]23O[C@@]4(C)C=CCCOC(=O)[C@H]4[C@H]2C(=O)N([C@H](CO)c2ccccc2)C3C1=O. The molecule has 2 amide bonds. The van der Waals surface area contributed by atoms with Crippen molar-refractivity contribution < 1.29 is 29.0 Å². The molecule has 0 aliphatic carbocycles. The molecular formula is C28H34N2O6. The Labute approximate surface area is 211 Å². The highest BCUT2D eigenvalue weighted by molar-refractivity contribution is 5.99. The monoisotopic (exact) mass is 494 g/mol. The van der Waals surface area contributed by atoms with Crippen LogP contribution in [0.25, 0.3) is 0 Å². The number of fused-ring (bicyclic) bond motifs is 2. The number of benzene rings is 1. The average Bonchev–Trinajstić information content (AvgIpc) is 3.13. The minimum Gasteiger partial charge on any atom is -0.465 e. The van der Waals surface area contributed by atoms with Crippen molar-refractivity contribution in [2.24, 2.45) is 11.8 Å². The number of aliphatic hydroxyl groups excluding tert-OH is 1. The van der Waals surface area contributed by atoms with E-state index in [0.29, 0.717) is 18.5 Å². The van der Waals surface area contributed by atoms with E-state index in [9.17, 15) is 19.5 Å². The third-order valence-corrected chi connectivity index (χ3v) is 7.96. The number of nitrogens with zero attached hydrogens (tertiary/aromatic N) is 2. The lowest BCUT2D eigenvalue weighted by molar-refractivity contribution is -0.163. The summed E-state index contributed by atoms with van der Waals surface area (Å²) in [5.74, 6) is -3.07. The molecule has 0 radical (unpaired) electrons. The van der Waals surface area contributed by atoms with Gasteiger partial charge in [-0.3, -0.25) is 14.4 Å². The van der Waals surface area contributed by atoms with Gasteiger partial charge in [-0.05, 0) is 39.7 Å². The maximum atomic E-state index is 14.4. The summed E-state index contributed by atoms with van der Waals surface area (Å²) in [6.45, 7) is 7.80. The quantitative estimate of drug-likeness (QED) is 0.512. The van der Waals surface area contributed by atoms with Crippen molar-refractivity contribution in [2.45, 2.75) is 62.9 Å². The summed E-state index contributed by atoms with van der Waals surface area (Å²) in [5.41, 5.74) is -2.33. The smallest absolute Gasteiger partial charge is 0.313 e. The van der Waals surface area contributed by atoms with Gasteiger partial charge in [0.25, 0.3) is 0 Å². The van der Waals surface area contributed by atoms with Gasteiger partial charge in [-0.1, -0.05) is 54.6 Å². The molecule has 1 N–H and O–H groups in total. The van der Waals surface area contributed by atoms with E-state index in [1.54, 1.807) is 17.9 Å². The Morgan fingerprint density at radius 1 is 1.06 bits per heavy atom. The molecule has 1 aromatic carbocycles. The molecule has 1 unspecified atom stereocenters. The molecule has 1 spiro atoms. The van der Waals surface area contributed by atoms with Gasteiger partial charge < -0.3 is 24.4 Å². The largest absolute Gasteiger partial charge is 0.465 e. The van der Waals surface area contributed by atoms with E-state index in [1.807, 2.05) is 69.3 Å². The van der Waals surface area contributed by atoms with Gasteiger partial charge >= 0.3 is 5.97 Å². The first-order chi connectivity index (χ1) is 17.0. The molecular weight excluding hydrogens is 460 g/mol. The third kappa shape index (κ3) is 3.53. The second-order valence-electron chi connectivity index (χ2n) is 11.2. The zero-order chi connectivity index (χ0) is 25.9. The minimum absolute atomic E-state index is 0.221. The van der Waals surface area contributed by atoms with Crippen molar-refractivity contribution in [1.29, 1.82) is 0 Å². The van der Waals surface area contributed by atoms with Crippen molar-refractivity contribution in [3.63, 3.8) is 0 Å². The number of ether oxygens (including phenoxy) is 2. The standard InChI is InChI=1S/C28H34N2O6/c1-26(2,3)29-15-10-14-28-20(21-25(34)35-16-9-8-13-27(21,4)36-28)23(32)30(22(28)24(29)33)19(17-31)18-11-6-5-7-12-18/h5-8,10-14,19-22,31H,9,15-17H2,1-4H3/t19-,20+,21-,22?,27+,28+/m1/s1. The van der Waals surface area contributed by atoms with Crippen LogP contribution in [0, 0.1) is 11.8 Å². The van der Waals surface area contributed by atoms with Gasteiger partial charge in [-0.25, -0.2) is 0 Å². The fraction of sp³-hybridized carbons (Fsp3) is 0.536. The first kappa shape index (κ1) is 24.7. The Morgan fingerprint density at radius 2 is 1.78 bits per heavy atom. The number of likely N-dealkylation sites (tertiary alicyclic amines) is 1. The average molecular weight is 495 g/mol. The topological polar surface area (TPSA) is 96.4 Å². The van der Waals surface area contributed by atoms with Crippen molar-refractivity contribution in [1.82, 2.24) is 9.80 Å². The first-order valence-corrected chi connectivity index (χ1v) is 12.6. The van der Waals surface area contributed by atoms with Crippen LogP contribution < -0.4 is 0 Å². The number of rotatable bonds is 3. The molecule has 5 rings (SSSR count). The lowest BCUT2D eigenvalue weighted by Gasteiger charge is -2.43. The summed E-state index contributed by atoms with van der Waals surface area (Å²) in [7, 11) is 0. The van der Waals surface area contributed by atoms with Crippen LogP contribution in [0.4, 0.5) is 0 Å². The van der Waals surface area contributed by atoms with Crippen LogP contribution in [0.5, 0.6) is 0 Å². The van der Waals surface area contributed by atoms with Gasteiger partial charge in [0.1, 0.15) is 17.6 Å². The van der Waals surface area contributed by atoms with Crippen LogP contribution in [-0.4, -0.2) is 75.2 Å². The van der Waals surface area contributed by atoms with E-state index < -0.39 is 52.5 Å². The van der Waals surface area contributed by atoms with Gasteiger partial charge in [-0.2, -0.15) is 0 Å². The number of esters is 1. The van der Waals surface area contributed by atoms with E-state index in [4.69, 9.17) is 9.47 Å².